The second-order valence-corrected chi connectivity index (χ2v) is 8.35. The predicted octanol–water partition coefficient (Wildman–Crippen LogP) is 3.12. The molecule has 2 aliphatic rings. The Morgan fingerprint density at radius 1 is 1.28 bits per heavy atom. The number of nitrogens with one attached hydrogen (secondary N) is 3. The van der Waals surface area contributed by atoms with Gasteiger partial charge in [-0.25, -0.2) is 9.97 Å². The molecule has 2 amide bonds. The summed E-state index contributed by atoms with van der Waals surface area (Å²) in [6.07, 6.45) is 5.56. The molecule has 1 aliphatic heterocycles. The highest BCUT2D eigenvalue weighted by atomic mass is 16.3. The summed E-state index contributed by atoms with van der Waals surface area (Å²) in [5.41, 5.74) is 3.73. The minimum absolute atomic E-state index is 0.106. The van der Waals surface area contributed by atoms with Crippen LogP contribution in [0.5, 0.6) is 0 Å². The van der Waals surface area contributed by atoms with Gasteiger partial charge in [0, 0.05) is 44.5 Å². The van der Waals surface area contributed by atoms with Crippen LogP contribution in [0, 0.1) is 5.92 Å². The van der Waals surface area contributed by atoms with Crippen LogP contribution in [0.25, 0.3) is 11.5 Å². The zero-order valence-electron chi connectivity index (χ0n) is 17.9. The minimum Gasteiger partial charge on any atom is -0.444 e. The maximum Gasteiger partial charge on any atom is 0.277 e. The quantitative estimate of drug-likeness (QED) is 0.526. The van der Waals surface area contributed by atoms with Gasteiger partial charge in [-0.05, 0) is 48.6 Å². The lowest BCUT2D eigenvalue weighted by atomic mass is 10.1. The average Bonchev–Trinajstić information content (AvgIpc) is 3.35. The number of pyridine rings is 1. The molecule has 164 valence electrons. The molecule has 0 atom stereocenters. The van der Waals surface area contributed by atoms with Gasteiger partial charge >= 0.3 is 0 Å². The van der Waals surface area contributed by atoms with Crippen molar-refractivity contribution < 1.29 is 14.0 Å². The smallest absolute Gasteiger partial charge is 0.277 e. The van der Waals surface area contributed by atoms with Gasteiger partial charge in [0.1, 0.15) is 12.1 Å². The molecule has 3 aromatic rings. The van der Waals surface area contributed by atoms with E-state index in [0.29, 0.717) is 23.7 Å². The number of carbonyl (C=O) groups is 2. The SMILES string of the molecule is CN(C)c1cc2c(cc1NC(=O)c1coc(-c3ccnc(NCC4CC4)c3)n1)CNC2=O. The van der Waals surface area contributed by atoms with Crippen molar-refractivity contribution in [2.45, 2.75) is 19.4 Å². The molecule has 2 aromatic heterocycles. The number of benzene rings is 1. The number of hydrogen-bond acceptors (Lipinski definition) is 7. The lowest BCUT2D eigenvalue weighted by Gasteiger charge is -2.19. The summed E-state index contributed by atoms with van der Waals surface area (Å²) in [4.78, 5) is 35.4. The summed E-state index contributed by atoms with van der Waals surface area (Å²) in [7, 11) is 3.72. The number of rotatable bonds is 7. The van der Waals surface area contributed by atoms with Crippen molar-refractivity contribution >= 4 is 29.0 Å². The monoisotopic (exact) mass is 432 g/mol. The first kappa shape index (κ1) is 20.0. The molecule has 0 saturated heterocycles. The van der Waals surface area contributed by atoms with E-state index >= 15 is 0 Å². The van der Waals surface area contributed by atoms with E-state index in [1.165, 1.54) is 19.1 Å². The second kappa shape index (κ2) is 7.99. The van der Waals surface area contributed by atoms with Crippen LogP contribution in [-0.4, -0.2) is 42.4 Å². The Labute approximate surface area is 185 Å². The summed E-state index contributed by atoms with van der Waals surface area (Å²) in [6.45, 7) is 1.35. The Morgan fingerprint density at radius 2 is 2.12 bits per heavy atom. The van der Waals surface area contributed by atoms with Gasteiger partial charge in [0.25, 0.3) is 11.8 Å². The molecule has 32 heavy (non-hydrogen) atoms. The number of carbonyl (C=O) groups excluding carboxylic acids is 2. The van der Waals surface area contributed by atoms with Crippen molar-refractivity contribution in [3.63, 3.8) is 0 Å². The van der Waals surface area contributed by atoms with E-state index in [-0.39, 0.29) is 17.5 Å². The number of fused-ring (bicyclic) bond motifs is 1. The lowest BCUT2D eigenvalue weighted by molar-refractivity contribution is 0.0964. The van der Waals surface area contributed by atoms with Gasteiger partial charge < -0.3 is 25.3 Å². The van der Waals surface area contributed by atoms with E-state index in [9.17, 15) is 9.59 Å². The van der Waals surface area contributed by atoms with Crippen molar-refractivity contribution in [1.82, 2.24) is 15.3 Å². The van der Waals surface area contributed by atoms with Crippen molar-refractivity contribution in [1.29, 1.82) is 0 Å². The molecule has 0 spiro atoms. The van der Waals surface area contributed by atoms with Crippen LogP contribution in [-0.2, 0) is 6.54 Å². The van der Waals surface area contributed by atoms with Gasteiger partial charge in [0.05, 0.1) is 11.4 Å². The van der Waals surface area contributed by atoms with Crippen molar-refractivity contribution in [3.05, 3.63) is 53.5 Å². The number of anilines is 3. The first-order chi connectivity index (χ1) is 15.5. The standard InChI is InChI=1S/C23H24N6O3/c1-29(2)19-9-16-15(11-26-21(16)30)7-17(19)27-22(31)18-12-32-23(28-18)14-5-6-24-20(8-14)25-10-13-3-4-13/h5-9,12-13H,3-4,10-11H2,1-2H3,(H,24,25)(H,26,30)(H,27,31). The summed E-state index contributed by atoms with van der Waals surface area (Å²) < 4.78 is 5.58. The van der Waals surface area contributed by atoms with E-state index in [2.05, 4.69) is 25.9 Å². The fourth-order valence-electron chi connectivity index (χ4n) is 3.66. The third-order valence-corrected chi connectivity index (χ3v) is 5.65. The van der Waals surface area contributed by atoms with Crippen LogP contribution in [0.2, 0.25) is 0 Å². The molecule has 1 aliphatic carbocycles. The van der Waals surface area contributed by atoms with Crippen LogP contribution in [0.3, 0.4) is 0 Å². The fraction of sp³-hybridized carbons (Fsp3) is 0.304. The molecule has 0 radical (unpaired) electrons. The molecule has 9 nitrogen and oxygen atoms in total. The summed E-state index contributed by atoms with van der Waals surface area (Å²) in [5, 5.41) is 9.03. The van der Waals surface area contributed by atoms with Gasteiger partial charge in [-0.3, -0.25) is 9.59 Å². The van der Waals surface area contributed by atoms with E-state index < -0.39 is 0 Å². The predicted molar refractivity (Wildman–Crippen MR) is 121 cm³/mol. The molecule has 1 saturated carbocycles. The van der Waals surface area contributed by atoms with Crippen LogP contribution >= 0.6 is 0 Å². The minimum atomic E-state index is -0.388. The molecular formula is C23H24N6O3. The Morgan fingerprint density at radius 3 is 2.91 bits per heavy atom. The van der Waals surface area contributed by atoms with E-state index in [1.54, 1.807) is 18.3 Å². The molecule has 0 unspecified atom stereocenters. The van der Waals surface area contributed by atoms with E-state index in [0.717, 1.165) is 35.1 Å². The van der Waals surface area contributed by atoms with E-state index in [4.69, 9.17) is 4.42 Å². The van der Waals surface area contributed by atoms with Crippen LogP contribution in [0.15, 0.2) is 41.1 Å². The maximum absolute atomic E-state index is 12.9. The largest absolute Gasteiger partial charge is 0.444 e. The highest BCUT2D eigenvalue weighted by molar-refractivity contribution is 6.06. The Bertz CT molecular complexity index is 1200. The highest BCUT2D eigenvalue weighted by Gasteiger charge is 2.24. The lowest BCUT2D eigenvalue weighted by Crippen LogP contribution is -2.18. The van der Waals surface area contributed by atoms with Crippen molar-refractivity contribution in [2.24, 2.45) is 5.92 Å². The average molecular weight is 432 g/mol. The van der Waals surface area contributed by atoms with Gasteiger partial charge in [-0.15, -0.1) is 0 Å². The van der Waals surface area contributed by atoms with Crippen molar-refractivity contribution in [2.75, 3.05) is 36.2 Å². The van der Waals surface area contributed by atoms with E-state index in [1.807, 2.05) is 31.1 Å². The number of aromatic nitrogens is 2. The molecule has 1 fully saturated rings. The van der Waals surface area contributed by atoms with Crippen LogP contribution < -0.4 is 20.9 Å². The summed E-state index contributed by atoms with van der Waals surface area (Å²) in [6, 6.07) is 7.27. The molecule has 1 aromatic carbocycles. The first-order valence-corrected chi connectivity index (χ1v) is 10.6. The molecule has 9 heteroatoms. The summed E-state index contributed by atoms with van der Waals surface area (Å²) in [5.74, 6) is 1.35. The molecule has 3 N–H and O–H groups in total. The first-order valence-electron chi connectivity index (χ1n) is 10.6. The summed E-state index contributed by atoms with van der Waals surface area (Å²) >= 11 is 0. The molecular weight excluding hydrogens is 408 g/mol. The molecule has 0 bridgehead atoms. The maximum atomic E-state index is 12.9. The zero-order chi connectivity index (χ0) is 22.2. The number of nitrogens with zero attached hydrogens (tertiary/aromatic N) is 3. The second-order valence-electron chi connectivity index (χ2n) is 8.35. The highest BCUT2D eigenvalue weighted by Crippen LogP contribution is 2.32. The van der Waals surface area contributed by atoms with Crippen LogP contribution in [0.4, 0.5) is 17.2 Å². The number of amides is 2. The Kier molecular flexibility index (Phi) is 5.01. The number of hydrogen-bond donors (Lipinski definition) is 3. The van der Waals surface area contributed by atoms with Gasteiger partial charge in [-0.1, -0.05) is 0 Å². The zero-order valence-corrected chi connectivity index (χ0v) is 17.9. The normalized spacial score (nSPS) is 14.6. The van der Waals surface area contributed by atoms with Gasteiger partial charge in [0.2, 0.25) is 5.89 Å². The third kappa shape index (κ3) is 4.01. The Hall–Kier alpha value is -3.88. The fourth-order valence-corrected chi connectivity index (χ4v) is 3.66. The number of oxazole rings is 1. The third-order valence-electron chi connectivity index (χ3n) is 5.65. The Balaban J connectivity index is 1.34. The topological polar surface area (TPSA) is 112 Å². The van der Waals surface area contributed by atoms with Gasteiger partial charge in [0.15, 0.2) is 5.69 Å². The molecule has 3 heterocycles. The van der Waals surface area contributed by atoms with Crippen LogP contribution in [0.1, 0.15) is 39.3 Å². The van der Waals surface area contributed by atoms with Gasteiger partial charge in [-0.2, -0.15) is 0 Å². The van der Waals surface area contributed by atoms with Crippen molar-refractivity contribution in [3.8, 4) is 11.5 Å². The molecule has 5 rings (SSSR count).